The number of ether oxygens (including phenoxy) is 1. The molecule has 0 N–H and O–H groups in total. The number of nitrogens with zero attached hydrogens (tertiary/aromatic N) is 1. The maximum atomic E-state index is 10.9. The zero-order valence-corrected chi connectivity index (χ0v) is 8.44. The molecule has 1 aliphatic rings. The van der Waals surface area contributed by atoms with Gasteiger partial charge in [-0.2, -0.15) is 12.7 Å². The number of hydrogen-bond donors (Lipinski definition) is 0. The van der Waals surface area contributed by atoms with Crippen molar-refractivity contribution in [1.82, 2.24) is 4.31 Å². The number of rotatable bonds is 2. The van der Waals surface area contributed by atoms with E-state index in [9.17, 15) is 8.42 Å². The van der Waals surface area contributed by atoms with Crippen LogP contribution in [0.4, 0.5) is 0 Å². The first-order chi connectivity index (χ1) is 5.54. The van der Waals surface area contributed by atoms with E-state index < -0.39 is 9.24 Å². The summed E-state index contributed by atoms with van der Waals surface area (Å²) in [5.74, 6) is 0. The lowest BCUT2D eigenvalue weighted by Crippen LogP contribution is -2.40. The van der Waals surface area contributed by atoms with Gasteiger partial charge in [-0.05, 0) is 12.8 Å². The van der Waals surface area contributed by atoms with E-state index >= 15 is 0 Å². The highest BCUT2D eigenvalue weighted by Crippen LogP contribution is 2.17. The minimum Gasteiger partial charge on any atom is -0.380 e. The normalized spacial score (nSPS) is 27.3. The lowest BCUT2D eigenvalue weighted by Gasteiger charge is -2.28. The van der Waals surface area contributed by atoms with Crippen molar-refractivity contribution in [2.24, 2.45) is 0 Å². The third kappa shape index (κ3) is 2.58. The van der Waals surface area contributed by atoms with E-state index in [1.54, 1.807) is 7.11 Å². The second-order valence-electron chi connectivity index (χ2n) is 2.80. The van der Waals surface area contributed by atoms with Crippen molar-refractivity contribution in [3.05, 3.63) is 0 Å². The molecule has 0 saturated carbocycles. The summed E-state index contributed by atoms with van der Waals surface area (Å²) in [5, 5.41) is 0. The molecular formula is C6H12ClNO3S. The molecule has 6 heteroatoms. The predicted molar refractivity (Wildman–Crippen MR) is 46.4 cm³/mol. The number of hydrogen-bond acceptors (Lipinski definition) is 3. The van der Waals surface area contributed by atoms with Crippen LogP contribution in [0.25, 0.3) is 0 Å². The molecule has 0 aromatic rings. The number of piperidine rings is 1. The van der Waals surface area contributed by atoms with Crippen LogP contribution in [0.2, 0.25) is 0 Å². The lowest BCUT2D eigenvalue weighted by atomic mass is 10.1. The number of methoxy groups -OCH3 is 1. The molecule has 1 fully saturated rings. The molecule has 0 amide bonds. The largest absolute Gasteiger partial charge is 0.380 e. The summed E-state index contributed by atoms with van der Waals surface area (Å²) >= 11 is 0. The first-order valence-electron chi connectivity index (χ1n) is 3.76. The molecule has 1 atom stereocenters. The van der Waals surface area contributed by atoms with Crippen molar-refractivity contribution in [2.45, 2.75) is 18.9 Å². The van der Waals surface area contributed by atoms with E-state index in [4.69, 9.17) is 15.4 Å². The molecule has 72 valence electrons. The Balaban J connectivity index is 2.58. The Morgan fingerprint density at radius 3 is 2.75 bits per heavy atom. The molecule has 1 aliphatic heterocycles. The second-order valence-corrected chi connectivity index (χ2v) is 5.31. The SMILES string of the molecule is COC1CCCN(S(=O)(=O)Cl)C1. The highest BCUT2D eigenvalue weighted by atomic mass is 35.7. The molecule has 12 heavy (non-hydrogen) atoms. The quantitative estimate of drug-likeness (QED) is 0.631. The summed E-state index contributed by atoms with van der Waals surface area (Å²) in [5.41, 5.74) is 0. The highest BCUT2D eigenvalue weighted by Gasteiger charge is 2.26. The Hall–Kier alpha value is 0.160. The van der Waals surface area contributed by atoms with Gasteiger partial charge in [-0.1, -0.05) is 0 Å². The summed E-state index contributed by atoms with van der Waals surface area (Å²) in [4.78, 5) is 0. The van der Waals surface area contributed by atoms with Crippen LogP contribution in [0.1, 0.15) is 12.8 Å². The summed E-state index contributed by atoms with van der Waals surface area (Å²) < 4.78 is 28.1. The van der Waals surface area contributed by atoms with E-state index in [0.717, 1.165) is 12.8 Å². The molecule has 1 heterocycles. The Morgan fingerprint density at radius 1 is 1.58 bits per heavy atom. The monoisotopic (exact) mass is 213 g/mol. The Kier molecular flexibility index (Phi) is 3.34. The smallest absolute Gasteiger partial charge is 0.299 e. The van der Waals surface area contributed by atoms with Gasteiger partial charge < -0.3 is 4.74 Å². The van der Waals surface area contributed by atoms with Crippen LogP contribution < -0.4 is 0 Å². The zero-order chi connectivity index (χ0) is 9.19. The maximum absolute atomic E-state index is 10.9. The van der Waals surface area contributed by atoms with Gasteiger partial charge in [-0.25, -0.2) is 0 Å². The topological polar surface area (TPSA) is 46.6 Å². The molecule has 1 unspecified atom stereocenters. The van der Waals surface area contributed by atoms with Gasteiger partial charge in [0, 0.05) is 30.9 Å². The van der Waals surface area contributed by atoms with E-state index in [0.29, 0.717) is 13.1 Å². The van der Waals surface area contributed by atoms with E-state index in [1.807, 2.05) is 0 Å². The molecule has 0 spiro atoms. The van der Waals surface area contributed by atoms with Crippen molar-refractivity contribution < 1.29 is 13.2 Å². The van der Waals surface area contributed by atoms with Crippen molar-refractivity contribution in [3.8, 4) is 0 Å². The van der Waals surface area contributed by atoms with Gasteiger partial charge in [0.25, 0.3) is 9.24 Å². The molecule has 0 radical (unpaired) electrons. The van der Waals surface area contributed by atoms with Crippen LogP contribution in [0.15, 0.2) is 0 Å². The molecule has 0 aromatic carbocycles. The minimum absolute atomic E-state index is 0.00715. The Labute approximate surface area is 77.0 Å². The molecule has 1 rings (SSSR count). The first-order valence-corrected chi connectivity index (χ1v) is 6.03. The summed E-state index contributed by atoms with van der Waals surface area (Å²) in [6, 6.07) is 0. The summed E-state index contributed by atoms with van der Waals surface area (Å²) in [6.07, 6.45) is 1.71. The van der Waals surface area contributed by atoms with E-state index in [1.165, 1.54) is 4.31 Å². The fourth-order valence-electron chi connectivity index (χ4n) is 1.30. The maximum Gasteiger partial charge on any atom is 0.299 e. The van der Waals surface area contributed by atoms with Crippen molar-refractivity contribution >= 4 is 19.9 Å². The number of halogens is 1. The molecule has 0 bridgehead atoms. The van der Waals surface area contributed by atoms with Gasteiger partial charge >= 0.3 is 0 Å². The Bertz CT molecular complexity index is 241. The van der Waals surface area contributed by atoms with Gasteiger partial charge in [0.05, 0.1) is 6.10 Å². The lowest BCUT2D eigenvalue weighted by molar-refractivity contribution is 0.0578. The van der Waals surface area contributed by atoms with Crippen LogP contribution in [-0.4, -0.2) is 39.0 Å². The highest BCUT2D eigenvalue weighted by molar-refractivity contribution is 8.11. The summed E-state index contributed by atoms with van der Waals surface area (Å²) in [7, 11) is 3.21. The van der Waals surface area contributed by atoms with Crippen LogP contribution in [0, 0.1) is 0 Å². The van der Waals surface area contributed by atoms with Crippen molar-refractivity contribution in [3.63, 3.8) is 0 Å². The van der Waals surface area contributed by atoms with E-state index in [-0.39, 0.29) is 6.10 Å². The summed E-state index contributed by atoms with van der Waals surface area (Å²) in [6.45, 7) is 0.883. The van der Waals surface area contributed by atoms with Crippen LogP contribution in [0.3, 0.4) is 0 Å². The predicted octanol–water partition coefficient (Wildman–Crippen LogP) is 0.581. The van der Waals surface area contributed by atoms with Gasteiger partial charge in [0.15, 0.2) is 0 Å². The minimum atomic E-state index is -3.54. The third-order valence-corrected chi connectivity index (χ3v) is 3.52. The second kappa shape index (κ2) is 3.91. The third-order valence-electron chi connectivity index (χ3n) is 1.98. The average molecular weight is 214 g/mol. The van der Waals surface area contributed by atoms with Crippen LogP contribution in [0.5, 0.6) is 0 Å². The van der Waals surface area contributed by atoms with Crippen molar-refractivity contribution in [1.29, 1.82) is 0 Å². The average Bonchev–Trinajstić information content (AvgIpc) is 2.03. The molecule has 0 aliphatic carbocycles. The van der Waals surface area contributed by atoms with Crippen LogP contribution >= 0.6 is 10.7 Å². The van der Waals surface area contributed by atoms with Gasteiger partial charge in [0.1, 0.15) is 0 Å². The molecular weight excluding hydrogens is 202 g/mol. The fourth-order valence-corrected chi connectivity index (χ4v) is 2.36. The zero-order valence-electron chi connectivity index (χ0n) is 6.86. The van der Waals surface area contributed by atoms with Gasteiger partial charge in [0.2, 0.25) is 0 Å². The van der Waals surface area contributed by atoms with E-state index in [2.05, 4.69) is 0 Å². The standard InChI is InChI=1S/C6H12ClNO3S/c1-11-6-3-2-4-8(5-6)12(7,9)10/h6H,2-5H2,1H3. The first kappa shape index (κ1) is 10.2. The molecule has 4 nitrogen and oxygen atoms in total. The molecule has 1 saturated heterocycles. The van der Waals surface area contributed by atoms with Crippen molar-refractivity contribution in [2.75, 3.05) is 20.2 Å². The fraction of sp³-hybridized carbons (Fsp3) is 1.00. The van der Waals surface area contributed by atoms with Gasteiger partial charge in [-0.3, -0.25) is 0 Å². The Morgan fingerprint density at radius 2 is 2.25 bits per heavy atom. The van der Waals surface area contributed by atoms with Crippen LogP contribution in [-0.2, 0) is 14.0 Å². The molecule has 0 aromatic heterocycles. The van der Waals surface area contributed by atoms with Gasteiger partial charge in [-0.15, -0.1) is 0 Å².